The lowest BCUT2D eigenvalue weighted by Gasteiger charge is -2.35. The highest BCUT2D eigenvalue weighted by Crippen LogP contribution is 2.41. The van der Waals surface area contributed by atoms with Gasteiger partial charge >= 0.3 is 0 Å². The molecule has 4 aromatic rings. The van der Waals surface area contributed by atoms with Crippen molar-refractivity contribution in [1.29, 1.82) is 0 Å². The summed E-state index contributed by atoms with van der Waals surface area (Å²) >= 11 is 12.2. The van der Waals surface area contributed by atoms with Crippen LogP contribution in [0.3, 0.4) is 0 Å². The molecule has 10 nitrogen and oxygen atoms in total. The summed E-state index contributed by atoms with van der Waals surface area (Å²) in [5.41, 5.74) is 4.66. The SMILES string of the molecule is CN[C@@H]1Cc2ccc(OCCCNS(=O)(=O)c3cc(Cl)ccc3Cl)c(c2)Oc2ccc(cc2)C[C@H]2c3cc(c(OC)cc3CCN2C)O/C(=C\OC)C1C. The molecule has 0 saturated carbocycles. The van der Waals surface area contributed by atoms with Gasteiger partial charge in [-0.2, -0.15) is 0 Å². The molecule has 1 unspecified atom stereocenters. The topological polar surface area (TPSA) is 108 Å². The van der Waals surface area contributed by atoms with E-state index in [1.54, 1.807) is 26.5 Å². The third kappa shape index (κ3) is 9.27. The minimum absolute atomic E-state index is 0.0484. The monoisotopic (exact) mass is 795 g/mol. The first-order valence-electron chi connectivity index (χ1n) is 18.0. The van der Waals surface area contributed by atoms with E-state index in [1.165, 1.54) is 28.8 Å². The number of nitrogens with one attached hydrogen (secondary N) is 2. The van der Waals surface area contributed by atoms with Crippen molar-refractivity contribution in [2.24, 2.45) is 5.92 Å². The number of rotatable bonds is 10. The Kier molecular flexibility index (Phi) is 13.0. The molecule has 0 saturated heterocycles. The van der Waals surface area contributed by atoms with Gasteiger partial charge in [0.2, 0.25) is 10.0 Å². The summed E-state index contributed by atoms with van der Waals surface area (Å²) in [5, 5.41) is 3.86. The molecule has 7 rings (SSSR count). The smallest absolute Gasteiger partial charge is 0.242 e. The fourth-order valence-electron chi connectivity index (χ4n) is 6.93. The van der Waals surface area contributed by atoms with E-state index in [-0.39, 0.29) is 46.1 Å². The van der Waals surface area contributed by atoms with Crippen molar-refractivity contribution >= 4 is 33.2 Å². The number of halogens is 2. The number of likely N-dealkylation sites (N-methyl/N-ethyl adjacent to an activating group) is 2. The summed E-state index contributed by atoms with van der Waals surface area (Å²) in [6.07, 6.45) is 4.41. The average molecular weight is 797 g/mol. The first kappa shape index (κ1) is 39.7. The molecule has 0 aliphatic carbocycles. The Morgan fingerprint density at radius 3 is 2.43 bits per heavy atom. The van der Waals surface area contributed by atoms with Gasteiger partial charge in [0, 0.05) is 36.1 Å². The maximum Gasteiger partial charge on any atom is 0.242 e. The first-order chi connectivity index (χ1) is 26.0. The van der Waals surface area contributed by atoms with Gasteiger partial charge in [0.15, 0.2) is 23.0 Å². The quantitative estimate of drug-likeness (QED) is 0.122. The Hall–Kier alpha value is -3.97. The molecule has 288 valence electrons. The molecule has 13 heteroatoms. The molecule has 3 atom stereocenters. The van der Waals surface area contributed by atoms with Gasteiger partial charge in [0.25, 0.3) is 0 Å². The Balaban J connectivity index is 1.28. The fourth-order valence-corrected chi connectivity index (χ4v) is 8.77. The second kappa shape index (κ2) is 17.7. The number of nitrogens with zero attached hydrogens (tertiary/aromatic N) is 1. The minimum atomic E-state index is -3.86. The third-order valence-corrected chi connectivity index (χ3v) is 12.2. The second-order valence-corrected chi connectivity index (χ2v) is 16.2. The van der Waals surface area contributed by atoms with Gasteiger partial charge in [-0.1, -0.05) is 48.3 Å². The number of hydrogen-bond acceptors (Lipinski definition) is 9. The van der Waals surface area contributed by atoms with E-state index >= 15 is 0 Å². The normalized spacial score (nSPS) is 19.7. The molecule has 0 fully saturated rings. The molecule has 3 heterocycles. The molecule has 3 aliphatic heterocycles. The van der Waals surface area contributed by atoms with Gasteiger partial charge in [-0.25, -0.2) is 13.1 Å². The van der Waals surface area contributed by atoms with Crippen LogP contribution in [0.25, 0.3) is 0 Å². The predicted octanol–water partition coefficient (Wildman–Crippen LogP) is 7.96. The van der Waals surface area contributed by atoms with Crippen LogP contribution >= 0.6 is 23.2 Å². The molecular weight excluding hydrogens is 749 g/mol. The predicted molar refractivity (Wildman–Crippen MR) is 212 cm³/mol. The molecule has 3 aliphatic rings. The van der Waals surface area contributed by atoms with Crippen molar-refractivity contribution in [2.45, 2.75) is 49.6 Å². The van der Waals surface area contributed by atoms with Crippen molar-refractivity contribution in [1.82, 2.24) is 14.9 Å². The molecule has 0 radical (unpaired) electrons. The number of benzene rings is 4. The first-order valence-corrected chi connectivity index (χ1v) is 20.2. The lowest BCUT2D eigenvalue weighted by molar-refractivity contribution is 0.226. The van der Waals surface area contributed by atoms with Gasteiger partial charge < -0.3 is 29.0 Å². The lowest BCUT2D eigenvalue weighted by Crippen LogP contribution is -2.36. The number of hydrogen-bond donors (Lipinski definition) is 2. The highest BCUT2D eigenvalue weighted by molar-refractivity contribution is 7.89. The summed E-state index contributed by atoms with van der Waals surface area (Å²) in [5.74, 6) is 3.66. The van der Waals surface area contributed by atoms with Crippen molar-refractivity contribution in [3.63, 3.8) is 0 Å². The van der Waals surface area contributed by atoms with E-state index in [9.17, 15) is 8.42 Å². The number of sulfonamides is 1. The maximum atomic E-state index is 12.9. The Morgan fingerprint density at radius 2 is 1.69 bits per heavy atom. The third-order valence-electron chi connectivity index (χ3n) is 10.0. The number of ether oxygens (including phenoxy) is 5. The number of fused-ring (bicyclic) bond motifs is 6. The Morgan fingerprint density at radius 1 is 0.926 bits per heavy atom. The van der Waals surface area contributed by atoms with Gasteiger partial charge in [-0.05, 0) is 117 Å². The lowest BCUT2D eigenvalue weighted by atomic mass is 9.88. The summed E-state index contributed by atoms with van der Waals surface area (Å²) in [7, 11) is 3.53. The van der Waals surface area contributed by atoms with Crippen LogP contribution < -0.4 is 29.0 Å². The van der Waals surface area contributed by atoms with E-state index in [0.717, 1.165) is 24.9 Å². The van der Waals surface area contributed by atoms with Crippen LogP contribution in [0.4, 0.5) is 0 Å². The van der Waals surface area contributed by atoms with E-state index in [1.807, 2.05) is 37.4 Å². The summed E-state index contributed by atoms with van der Waals surface area (Å²) < 4.78 is 59.1. The zero-order valence-electron chi connectivity index (χ0n) is 31.2. The molecule has 2 N–H and O–H groups in total. The molecule has 4 aromatic carbocycles. The van der Waals surface area contributed by atoms with Crippen molar-refractivity contribution in [3.05, 3.63) is 117 Å². The zero-order valence-corrected chi connectivity index (χ0v) is 33.5. The van der Waals surface area contributed by atoms with E-state index < -0.39 is 10.0 Å². The Labute approximate surface area is 328 Å². The highest BCUT2D eigenvalue weighted by atomic mass is 35.5. The number of methoxy groups -OCH3 is 2. The van der Waals surface area contributed by atoms with Crippen LogP contribution in [0.1, 0.15) is 41.6 Å². The molecule has 6 bridgehead atoms. The van der Waals surface area contributed by atoms with E-state index in [2.05, 4.69) is 53.2 Å². The van der Waals surface area contributed by atoms with Gasteiger partial charge in [-0.15, -0.1) is 0 Å². The maximum absolute atomic E-state index is 12.9. The average Bonchev–Trinajstić information content (AvgIpc) is 3.16. The fraction of sp³-hybridized carbons (Fsp3) is 0.366. The summed E-state index contributed by atoms with van der Waals surface area (Å²) in [6, 6.07) is 22.7. The standard InChI is InChI=1S/C41H47Cl2N3O7S/c1-26-34(44-2)19-28-9-14-36(51-18-6-16-45-54(47,48)41-23-30(42)10-13-33(41)43)38(21-28)52-31-11-7-27(8-12-31)20-35-32-24-39(53-40(26)25-49-4)37(50-5)22-29(32)15-17-46(35)3/h7-14,21-26,34-35,44-45H,6,15-20H2,1-5H3/b40-25-/t26?,34-,35+/m1/s1. The van der Waals surface area contributed by atoms with Crippen LogP contribution in [0.5, 0.6) is 28.7 Å². The molecule has 54 heavy (non-hydrogen) atoms. The van der Waals surface area contributed by atoms with E-state index in [0.29, 0.717) is 47.3 Å². The van der Waals surface area contributed by atoms with Crippen molar-refractivity contribution in [2.75, 3.05) is 48.0 Å². The molecule has 0 spiro atoms. The van der Waals surface area contributed by atoms with Crippen LogP contribution in [-0.2, 0) is 34.0 Å². The van der Waals surface area contributed by atoms with Crippen LogP contribution in [0.15, 0.2) is 89.7 Å². The Bertz CT molecular complexity index is 2080. The van der Waals surface area contributed by atoms with Crippen molar-refractivity contribution < 1.29 is 32.1 Å². The van der Waals surface area contributed by atoms with Crippen LogP contribution in [0.2, 0.25) is 10.0 Å². The summed E-state index contributed by atoms with van der Waals surface area (Å²) in [4.78, 5) is 2.32. The van der Waals surface area contributed by atoms with Crippen LogP contribution in [0, 0.1) is 5.92 Å². The molecular formula is C41H47Cl2N3O7S. The van der Waals surface area contributed by atoms with Crippen LogP contribution in [-0.4, -0.2) is 67.4 Å². The van der Waals surface area contributed by atoms with Crippen molar-refractivity contribution in [3.8, 4) is 28.7 Å². The highest BCUT2D eigenvalue weighted by Gasteiger charge is 2.29. The van der Waals surface area contributed by atoms with Gasteiger partial charge in [0.05, 0.1) is 25.8 Å². The van der Waals surface area contributed by atoms with Gasteiger partial charge in [0.1, 0.15) is 22.7 Å². The largest absolute Gasteiger partial charge is 0.501 e. The second-order valence-electron chi connectivity index (χ2n) is 13.6. The van der Waals surface area contributed by atoms with E-state index in [4.69, 9.17) is 46.9 Å². The molecule has 0 amide bonds. The summed E-state index contributed by atoms with van der Waals surface area (Å²) in [6.45, 7) is 3.41. The minimum Gasteiger partial charge on any atom is -0.501 e. The van der Waals surface area contributed by atoms with Gasteiger partial charge in [-0.3, -0.25) is 4.90 Å². The molecule has 0 aromatic heterocycles. The zero-order chi connectivity index (χ0) is 38.4.